The molecule has 0 aliphatic heterocycles. The van der Waals surface area contributed by atoms with Gasteiger partial charge in [-0.15, -0.1) is 0 Å². The summed E-state index contributed by atoms with van der Waals surface area (Å²) < 4.78 is 5.14. The molecule has 0 bridgehead atoms. The largest absolute Gasteiger partial charge is 0.497 e. The van der Waals surface area contributed by atoms with Gasteiger partial charge < -0.3 is 15.8 Å². The number of amides is 1. The third-order valence-corrected chi connectivity index (χ3v) is 4.61. The summed E-state index contributed by atoms with van der Waals surface area (Å²) in [7, 11) is 1.63. The van der Waals surface area contributed by atoms with E-state index >= 15 is 0 Å². The summed E-state index contributed by atoms with van der Waals surface area (Å²) >= 11 is 0. The lowest BCUT2D eigenvalue weighted by Crippen LogP contribution is -2.34. The maximum Gasteiger partial charge on any atom is 0.223 e. The number of hydrogen-bond acceptors (Lipinski definition) is 5. The molecule has 2 atom stereocenters. The second kappa shape index (κ2) is 7.44. The van der Waals surface area contributed by atoms with Gasteiger partial charge in [0.15, 0.2) is 5.82 Å². The average Bonchev–Trinajstić information content (AvgIpc) is 3.29. The Kier molecular flexibility index (Phi) is 5.10. The molecule has 0 radical (unpaired) electrons. The van der Waals surface area contributed by atoms with Gasteiger partial charge in [0, 0.05) is 11.5 Å². The van der Waals surface area contributed by atoms with Crippen LogP contribution in [0.3, 0.4) is 0 Å². The fraction of sp³-hybridized carbons (Fsp3) is 0.471. The lowest BCUT2D eigenvalue weighted by Gasteiger charge is -2.16. The van der Waals surface area contributed by atoms with E-state index in [1.165, 1.54) is 0 Å². The van der Waals surface area contributed by atoms with Crippen molar-refractivity contribution >= 4 is 5.91 Å². The van der Waals surface area contributed by atoms with Gasteiger partial charge in [-0.05, 0) is 49.6 Å². The fourth-order valence-electron chi connectivity index (χ4n) is 3.21. The van der Waals surface area contributed by atoms with Crippen LogP contribution in [0.1, 0.15) is 25.1 Å². The van der Waals surface area contributed by atoms with E-state index in [1.807, 2.05) is 24.3 Å². The van der Waals surface area contributed by atoms with Gasteiger partial charge >= 0.3 is 0 Å². The van der Waals surface area contributed by atoms with Crippen molar-refractivity contribution in [1.29, 1.82) is 0 Å². The van der Waals surface area contributed by atoms with Crippen LogP contribution in [0.5, 0.6) is 5.75 Å². The minimum absolute atomic E-state index is 0.0268. The number of carbonyl (C=O) groups is 1. The molecule has 1 aliphatic rings. The molecule has 1 heterocycles. The van der Waals surface area contributed by atoms with Crippen molar-refractivity contribution in [2.75, 3.05) is 13.7 Å². The van der Waals surface area contributed by atoms with Crippen LogP contribution in [-0.4, -0.2) is 34.7 Å². The van der Waals surface area contributed by atoms with E-state index < -0.39 is 0 Å². The third-order valence-electron chi connectivity index (χ3n) is 4.61. The SMILES string of the molecule is COc1ccc(-c2n[nH]c(CNC(=O)[C@@H]3CCC[C@@H]3CN)n2)cc1. The van der Waals surface area contributed by atoms with Crippen LogP contribution < -0.4 is 15.8 Å². The van der Waals surface area contributed by atoms with Gasteiger partial charge in [-0.25, -0.2) is 4.98 Å². The van der Waals surface area contributed by atoms with E-state index in [-0.39, 0.29) is 11.8 Å². The molecule has 1 aromatic carbocycles. The monoisotopic (exact) mass is 329 g/mol. The average molecular weight is 329 g/mol. The first kappa shape index (κ1) is 16.4. The molecule has 24 heavy (non-hydrogen) atoms. The molecular formula is C17H23N5O2. The van der Waals surface area contributed by atoms with E-state index in [0.717, 1.165) is 30.6 Å². The highest BCUT2D eigenvalue weighted by Crippen LogP contribution is 2.31. The minimum Gasteiger partial charge on any atom is -0.497 e. The van der Waals surface area contributed by atoms with Gasteiger partial charge in [0.05, 0.1) is 13.7 Å². The van der Waals surface area contributed by atoms with Gasteiger partial charge in [-0.2, -0.15) is 5.10 Å². The lowest BCUT2D eigenvalue weighted by molar-refractivity contribution is -0.126. The third kappa shape index (κ3) is 3.56. The van der Waals surface area contributed by atoms with Gasteiger partial charge in [-0.3, -0.25) is 9.89 Å². The number of rotatable bonds is 6. The predicted molar refractivity (Wildman–Crippen MR) is 90.1 cm³/mol. The van der Waals surface area contributed by atoms with E-state index in [0.29, 0.717) is 30.7 Å². The topological polar surface area (TPSA) is 106 Å². The number of aromatic nitrogens is 3. The summed E-state index contributed by atoms with van der Waals surface area (Å²) in [6, 6.07) is 7.52. The minimum atomic E-state index is 0.0268. The Balaban J connectivity index is 1.58. The van der Waals surface area contributed by atoms with Gasteiger partial charge in [0.1, 0.15) is 11.6 Å². The number of H-pyrrole nitrogens is 1. The van der Waals surface area contributed by atoms with E-state index in [2.05, 4.69) is 20.5 Å². The number of hydrogen-bond donors (Lipinski definition) is 3. The molecule has 1 fully saturated rings. The van der Waals surface area contributed by atoms with Crippen LogP contribution in [0.25, 0.3) is 11.4 Å². The van der Waals surface area contributed by atoms with Gasteiger partial charge in [0.25, 0.3) is 0 Å². The van der Waals surface area contributed by atoms with Crippen molar-refractivity contribution < 1.29 is 9.53 Å². The first-order valence-corrected chi connectivity index (χ1v) is 8.24. The molecule has 4 N–H and O–H groups in total. The summed E-state index contributed by atoms with van der Waals surface area (Å²) in [6.45, 7) is 0.914. The smallest absolute Gasteiger partial charge is 0.223 e. The number of carbonyl (C=O) groups excluding carboxylic acids is 1. The number of nitrogens with two attached hydrogens (primary N) is 1. The van der Waals surface area contributed by atoms with Crippen molar-refractivity contribution in [1.82, 2.24) is 20.5 Å². The zero-order valence-corrected chi connectivity index (χ0v) is 13.8. The summed E-state index contributed by atoms with van der Waals surface area (Å²) in [5, 5.41) is 10.0. The first-order valence-electron chi connectivity index (χ1n) is 8.24. The maximum atomic E-state index is 12.3. The maximum absolute atomic E-state index is 12.3. The van der Waals surface area contributed by atoms with Crippen LogP contribution >= 0.6 is 0 Å². The molecule has 7 heteroatoms. The lowest BCUT2D eigenvalue weighted by atomic mass is 9.95. The molecule has 128 valence electrons. The van der Waals surface area contributed by atoms with Crippen molar-refractivity contribution in [2.24, 2.45) is 17.6 Å². The van der Waals surface area contributed by atoms with Crippen LogP contribution in [-0.2, 0) is 11.3 Å². The number of nitrogens with one attached hydrogen (secondary N) is 2. The second-order valence-electron chi connectivity index (χ2n) is 6.09. The number of benzene rings is 1. The van der Waals surface area contributed by atoms with Crippen molar-refractivity contribution in [3.05, 3.63) is 30.1 Å². The molecule has 1 saturated carbocycles. The van der Waals surface area contributed by atoms with Crippen LogP contribution in [0.2, 0.25) is 0 Å². The molecule has 3 rings (SSSR count). The summed E-state index contributed by atoms with van der Waals surface area (Å²) in [5.41, 5.74) is 6.63. The predicted octanol–water partition coefficient (Wildman–Crippen LogP) is 1.47. The van der Waals surface area contributed by atoms with Crippen molar-refractivity contribution in [3.63, 3.8) is 0 Å². The Bertz CT molecular complexity index is 683. The Morgan fingerprint density at radius 2 is 2.17 bits per heavy atom. The van der Waals surface area contributed by atoms with Gasteiger partial charge in [0.2, 0.25) is 5.91 Å². The molecule has 1 aromatic heterocycles. The molecule has 1 aliphatic carbocycles. The Labute approximate surface area is 141 Å². The zero-order chi connectivity index (χ0) is 16.9. The number of methoxy groups -OCH3 is 1. The zero-order valence-electron chi connectivity index (χ0n) is 13.8. The van der Waals surface area contributed by atoms with Crippen molar-refractivity contribution in [2.45, 2.75) is 25.8 Å². The molecule has 7 nitrogen and oxygen atoms in total. The van der Waals surface area contributed by atoms with E-state index in [4.69, 9.17) is 10.5 Å². The van der Waals surface area contributed by atoms with Crippen LogP contribution in [0.4, 0.5) is 0 Å². The quantitative estimate of drug-likeness (QED) is 0.744. The van der Waals surface area contributed by atoms with E-state index in [1.54, 1.807) is 7.11 Å². The molecule has 0 spiro atoms. The Hall–Kier alpha value is -2.41. The highest BCUT2D eigenvalue weighted by atomic mass is 16.5. The summed E-state index contributed by atoms with van der Waals surface area (Å²) in [4.78, 5) is 16.7. The van der Waals surface area contributed by atoms with E-state index in [9.17, 15) is 4.79 Å². The van der Waals surface area contributed by atoms with Crippen molar-refractivity contribution in [3.8, 4) is 17.1 Å². The Morgan fingerprint density at radius 1 is 1.38 bits per heavy atom. The highest BCUT2D eigenvalue weighted by molar-refractivity contribution is 5.79. The highest BCUT2D eigenvalue weighted by Gasteiger charge is 2.31. The molecule has 0 saturated heterocycles. The molecular weight excluding hydrogens is 306 g/mol. The summed E-state index contributed by atoms with van der Waals surface area (Å²) in [5.74, 6) is 2.41. The number of aromatic amines is 1. The van der Waals surface area contributed by atoms with Crippen LogP contribution in [0, 0.1) is 11.8 Å². The fourth-order valence-corrected chi connectivity index (χ4v) is 3.21. The first-order chi connectivity index (χ1) is 11.7. The standard InChI is InChI=1S/C17H23N5O2/c1-24-13-7-5-11(6-8-13)16-20-15(21-22-16)10-19-17(23)14-4-2-3-12(14)9-18/h5-8,12,14H,2-4,9-10,18H2,1H3,(H,19,23)(H,20,21,22)/t12-,14-/m1/s1. The second-order valence-corrected chi connectivity index (χ2v) is 6.09. The molecule has 1 amide bonds. The van der Waals surface area contributed by atoms with Crippen LogP contribution in [0.15, 0.2) is 24.3 Å². The van der Waals surface area contributed by atoms with Gasteiger partial charge in [-0.1, -0.05) is 6.42 Å². The molecule has 2 aromatic rings. The summed E-state index contributed by atoms with van der Waals surface area (Å²) in [6.07, 6.45) is 3.03. The molecule has 0 unspecified atom stereocenters. The number of ether oxygens (including phenoxy) is 1. The number of nitrogens with zero attached hydrogens (tertiary/aromatic N) is 2. The Morgan fingerprint density at radius 3 is 2.88 bits per heavy atom. The normalized spacial score (nSPS) is 20.1.